The van der Waals surface area contributed by atoms with Gasteiger partial charge in [-0.3, -0.25) is 14.4 Å². The molecule has 1 saturated carbocycles. The van der Waals surface area contributed by atoms with Gasteiger partial charge in [0.25, 0.3) is 0 Å². The number of hydrogen-bond donors (Lipinski definition) is 1. The molecule has 1 N–H and O–H groups in total. The van der Waals surface area contributed by atoms with Gasteiger partial charge >= 0.3 is 17.9 Å². The molecular weight excluding hydrogens is 404 g/mol. The fourth-order valence-corrected chi connectivity index (χ4v) is 3.99. The highest BCUT2D eigenvalue weighted by atomic mass is 16.5. The molecule has 31 heavy (non-hydrogen) atoms. The summed E-state index contributed by atoms with van der Waals surface area (Å²) < 4.78 is 15.4. The Morgan fingerprint density at radius 2 is 1.52 bits per heavy atom. The maximum atomic E-state index is 13.0. The summed E-state index contributed by atoms with van der Waals surface area (Å²) in [6.45, 7) is 8.05. The second-order valence-electron chi connectivity index (χ2n) is 8.57. The van der Waals surface area contributed by atoms with E-state index >= 15 is 0 Å². The Bertz CT molecular complexity index is 830. The molecule has 170 valence electrons. The van der Waals surface area contributed by atoms with Crippen molar-refractivity contribution < 1.29 is 38.5 Å². The van der Waals surface area contributed by atoms with Gasteiger partial charge in [-0.15, -0.1) is 0 Å². The molecule has 4 atom stereocenters. The van der Waals surface area contributed by atoms with Crippen molar-refractivity contribution >= 4 is 23.7 Å². The Labute approximate surface area is 181 Å². The average molecular weight is 434 g/mol. The molecule has 1 aliphatic rings. The third-order valence-electron chi connectivity index (χ3n) is 5.20. The number of benzene rings is 1. The molecule has 0 saturated heterocycles. The van der Waals surface area contributed by atoms with Crippen LogP contribution in [0.25, 0.3) is 0 Å². The largest absolute Gasteiger partial charge is 0.465 e. The molecule has 1 aliphatic carbocycles. The minimum Gasteiger partial charge on any atom is -0.465 e. The van der Waals surface area contributed by atoms with Crippen molar-refractivity contribution in [3.8, 4) is 0 Å². The number of esters is 3. The van der Waals surface area contributed by atoms with E-state index < -0.39 is 59.3 Å². The number of rotatable bonds is 6. The molecule has 0 heterocycles. The summed E-state index contributed by atoms with van der Waals surface area (Å²) in [7, 11) is 1.25. The smallest absolute Gasteiger partial charge is 0.337 e. The van der Waals surface area contributed by atoms with E-state index in [0.29, 0.717) is 5.56 Å². The second kappa shape index (κ2) is 9.60. The maximum absolute atomic E-state index is 13.0. The predicted octanol–water partition coefficient (Wildman–Crippen LogP) is 2.42. The zero-order valence-corrected chi connectivity index (χ0v) is 18.7. The lowest BCUT2D eigenvalue weighted by molar-refractivity contribution is -0.176. The summed E-state index contributed by atoms with van der Waals surface area (Å²) in [5.74, 6) is -6.06. The first-order chi connectivity index (χ1) is 14.4. The van der Waals surface area contributed by atoms with E-state index in [1.807, 2.05) is 0 Å². The van der Waals surface area contributed by atoms with Crippen molar-refractivity contribution in [2.45, 2.75) is 64.8 Å². The van der Waals surface area contributed by atoms with Crippen LogP contribution in [0.5, 0.6) is 0 Å². The van der Waals surface area contributed by atoms with Crippen molar-refractivity contribution in [2.75, 3.05) is 7.11 Å². The highest BCUT2D eigenvalue weighted by Crippen LogP contribution is 2.47. The first kappa shape index (κ1) is 24.5. The molecule has 8 heteroatoms. The first-order valence-corrected chi connectivity index (χ1v) is 10.2. The van der Waals surface area contributed by atoms with Crippen LogP contribution in [0.1, 0.15) is 62.9 Å². The normalized spacial score (nSPS) is 26.0. The molecule has 0 aliphatic heterocycles. The van der Waals surface area contributed by atoms with E-state index in [4.69, 9.17) is 14.2 Å². The number of carbonyl (C=O) groups excluding carboxylic acids is 4. The summed E-state index contributed by atoms with van der Waals surface area (Å²) in [5.41, 5.74) is -1.04. The topological polar surface area (TPSA) is 116 Å². The molecule has 0 radical (unpaired) electrons. The molecule has 1 aromatic carbocycles. The van der Waals surface area contributed by atoms with E-state index in [1.54, 1.807) is 27.7 Å². The van der Waals surface area contributed by atoms with Crippen LogP contribution in [0, 0.1) is 11.8 Å². The van der Waals surface area contributed by atoms with E-state index in [-0.39, 0.29) is 12.0 Å². The monoisotopic (exact) mass is 434 g/mol. The lowest BCUT2D eigenvalue weighted by atomic mass is 9.61. The first-order valence-electron chi connectivity index (χ1n) is 10.2. The molecule has 0 aromatic heterocycles. The van der Waals surface area contributed by atoms with Gasteiger partial charge in [0.15, 0.2) is 5.78 Å². The van der Waals surface area contributed by atoms with Crippen LogP contribution in [0.15, 0.2) is 24.3 Å². The third kappa shape index (κ3) is 5.50. The van der Waals surface area contributed by atoms with Gasteiger partial charge in [-0.05, 0) is 52.3 Å². The zero-order chi connectivity index (χ0) is 23.5. The molecule has 0 spiro atoms. The van der Waals surface area contributed by atoms with Gasteiger partial charge in [0.2, 0.25) is 0 Å². The number of carbonyl (C=O) groups is 4. The van der Waals surface area contributed by atoms with Gasteiger partial charge in [-0.1, -0.05) is 12.1 Å². The van der Waals surface area contributed by atoms with Crippen LogP contribution in [0.2, 0.25) is 0 Å². The molecule has 0 bridgehead atoms. The molecule has 1 fully saturated rings. The standard InChI is InChI=1S/C23H30O8/c1-12(2)30-21(26)18-16(24)11-23(5,28)19(22(27)31-13(3)4)17(18)14-7-9-15(10-8-14)20(25)29-6/h7-10,12-13,17-19,28H,11H2,1-6H3/t17-,18-,19-,23+/m0/s1. The van der Waals surface area contributed by atoms with Crippen molar-refractivity contribution in [3.63, 3.8) is 0 Å². The zero-order valence-electron chi connectivity index (χ0n) is 18.7. The van der Waals surface area contributed by atoms with Crippen LogP contribution in [0.3, 0.4) is 0 Å². The Morgan fingerprint density at radius 1 is 1.00 bits per heavy atom. The second-order valence-corrected chi connectivity index (χ2v) is 8.57. The number of hydrogen-bond acceptors (Lipinski definition) is 8. The van der Waals surface area contributed by atoms with E-state index in [1.165, 1.54) is 38.3 Å². The maximum Gasteiger partial charge on any atom is 0.337 e. The van der Waals surface area contributed by atoms with E-state index in [0.717, 1.165) is 0 Å². The third-order valence-corrected chi connectivity index (χ3v) is 5.20. The van der Waals surface area contributed by atoms with Gasteiger partial charge in [0, 0.05) is 12.3 Å². The number of Topliss-reactive ketones (excluding diaryl/α,β-unsaturated/α-hetero) is 1. The fraction of sp³-hybridized carbons (Fsp3) is 0.565. The number of ether oxygens (including phenoxy) is 3. The van der Waals surface area contributed by atoms with Crippen LogP contribution in [-0.4, -0.2) is 53.7 Å². The quantitative estimate of drug-likeness (QED) is 0.412. The SMILES string of the molecule is COC(=O)c1ccc([C@H]2[C@@H](C(=O)OC(C)C)C(=O)C[C@@](C)(O)[C@@H]2C(=O)OC(C)C)cc1. The molecule has 0 amide bonds. The Morgan fingerprint density at radius 3 is 2.00 bits per heavy atom. The number of aliphatic hydroxyl groups is 1. The minimum atomic E-state index is -1.73. The summed E-state index contributed by atoms with van der Waals surface area (Å²) in [6.07, 6.45) is -1.31. The predicted molar refractivity (Wildman–Crippen MR) is 110 cm³/mol. The Hall–Kier alpha value is -2.74. The Balaban J connectivity index is 2.61. The van der Waals surface area contributed by atoms with Crippen molar-refractivity contribution in [3.05, 3.63) is 35.4 Å². The van der Waals surface area contributed by atoms with Crippen molar-refractivity contribution in [1.82, 2.24) is 0 Å². The lowest BCUT2D eigenvalue weighted by Gasteiger charge is -2.44. The summed E-state index contributed by atoms with van der Waals surface area (Å²) in [6, 6.07) is 6.03. The average Bonchev–Trinajstić information content (AvgIpc) is 2.64. The van der Waals surface area contributed by atoms with Crippen LogP contribution >= 0.6 is 0 Å². The van der Waals surface area contributed by atoms with E-state index in [9.17, 15) is 24.3 Å². The van der Waals surface area contributed by atoms with Crippen LogP contribution < -0.4 is 0 Å². The lowest BCUT2D eigenvalue weighted by Crippen LogP contribution is -2.55. The highest BCUT2D eigenvalue weighted by Gasteiger charge is 2.57. The van der Waals surface area contributed by atoms with Gasteiger partial charge in [-0.2, -0.15) is 0 Å². The summed E-state index contributed by atoms with van der Waals surface area (Å²) in [5, 5.41) is 11.0. The minimum absolute atomic E-state index is 0.266. The van der Waals surface area contributed by atoms with Crippen molar-refractivity contribution in [1.29, 1.82) is 0 Å². The van der Waals surface area contributed by atoms with Gasteiger partial charge < -0.3 is 19.3 Å². The Kier molecular flexibility index (Phi) is 7.59. The molecule has 1 aromatic rings. The van der Waals surface area contributed by atoms with Gasteiger partial charge in [0.1, 0.15) is 5.92 Å². The summed E-state index contributed by atoms with van der Waals surface area (Å²) >= 11 is 0. The molecule has 0 unspecified atom stereocenters. The van der Waals surface area contributed by atoms with E-state index in [2.05, 4.69) is 0 Å². The van der Waals surface area contributed by atoms with Crippen LogP contribution in [0.4, 0.5) is 0 Å². The number of methoxy groups -OCH3 is 1. The molecule has 2 rings (SSSR count). The van der Waals surface area contributed by atoms with Gasteiger partial charge in [-0.25, -0.2) is 4.79 Å². The van der Waals surface area contributed by atoms with Crippen molar-refractivity contribution in [2.24, 2.45) is 11.8 Å². The number of ketones is 1. The molecule has 8 nitrogen and oxygen atoms in total. The fourth-order valence-electron chi connectivity index (χ4n) is 3.99. The van der Waals surface area contributed by atoms with Crippen LogP contribution in [-0.2, 0) is 28.6 Å². The molecular formula is C23H30O8. The summed E-state index contributed by atoms with van der Waals surface area (Å²) in [4.78, 5) is 50.6. The highest BCUT2D eigenvalue weighted by molar-refractivity contribution is 6.03. The van der Waals surface area contributed by atoms with Gasteiger partial charge in [0.05, 0.1) is 36.4 Å².